The van der Waals surface area contributed by atoms with Crippen LogP contribution in [0.25, 0.3) is 0 Å². The van der Waals surface area contributed by atoms with Gasteiger partial charge in [0.15, 0.2) is 0 Å². The number of rotatable bonds is 6. The van der Waals surface area contributed by atoms with Crippen LogP contribution in [0.1, 0.15) is 23.6 Å². The van der Waals surface area contributed by atoms with Crippen LogP contribution in [0.2, 0.25) is 15.1 Å². The van der Waals surface area contributed by atoms with Crippen LogP contribution >= 0.6 is 34.8 Å². The summed E-state index contributed by atoms with van der Waals surface area (Å²) in [6, 6.07) is 11.6. The van der Waals surface area contributed by atoms with Crippen LogP contribution in [0.5, 0.6) is 5.75 Å². The molecule has 4 nitrogen and oxygen atoms in total. The van der Waals surface area contributed by atoms with Crippen molar-refractivity contribution in [3.8, 4) is 5.75 Å². The minimum atomic E-state index is -0.140. The van der Waals surface area contributed by atoms with Crippen LogP contribution in [-0.4, -0.2) is 25.8 Å². The summed E-state index contributed by atoms with van der Waals surface area (Å²) in [4.78, 5) is 4.29. The zero-order valence-corrected chi connectivity index (χ0v) is 16.5. The van der Waals surface area contributed by atoms with Crippen LogP contribution in [-0.2, 0) is 4.74 Å². The molecule has 0 aliphatic carbocycles. The molecule has 26 heavy (non-hydrogen) atoms. The second-order valence-corrected chi connectivity index (χ2v) is 7.20. The number of benzene rings is 2. The molecule has 7 heteroatoms. The van der Waals surface area contributed by atoms with Gasteiger partial charge in [-0.15, -0.1) is 0 Å². The molecule has 1 heterocycles. The topological polar surface area (TPSA) is 42.8 Å². The second kappa shape index (κ2) is 8.85. The van der Waals surface area contributed by atoms with Crippen LogP contribution in [0.3, 0.4) is 0 Å². The standard InChI is InChI=1S/C19H19Cl3N2O2/c1-12-9-13(20)11-14(10-12)25-7-5-17(24-19-23-6-8-26-19)15-3-2-4-16(21)18(15)22/h2-4,9-11,17H,5-8H2,1H3,(H,23,24). The second-order valence-electron chi connectivity index (χ2n) is 5.98. The maximum atomic E-state index is 6.40. The van der Waals surface area contributed by atoms with Gasteiger partial charge in [0, 0.05) is 11.4 Å². The molecular formula is C19H19Cl3N2O2. The number of aliphatic imine (C=N–C) groups is 1. The first-order valence-corrected chi connectivity index (χ1v) is 9.44. The first kappa shape index (κ1) is 19.2. The Balaban J connectivity index is 1.72. The van der Waals surface area contributed by atoms with Crippen molar-refractivity contribution >= 4 is 40.8 Å². The molecule has 1 N–H and O–H groups in total. The number of halogens is 3. The van der Waals surface area contributed by atoms with E-state index in [0.717, 1.165) is 16.9 Å². The molecule has 3 rings (SSSR count). The number of hydrogen-bond donors (Lipinski definition) is 1. The minimum absolute atomic E-state index is 0.140. The molecule has 0 saturated heterocycles. The highest BCUT2D eigenvalue weighted by Crippen LogP contribution is 2.32. The fraction of sp³-hybridized carbons (Fsp3) is 0.316. The predicted octanol–water partition coefficient (Wildman–Crippen LogP) is 5.44. The summed E-state index contributed by atoms with van der Waals surface area (Å²) in [5, 5.41) is 4.97. The third-order valence-electron chi connectivity index (χ3n) is 3.93. The summed E-state index contributed by atoms with van der Waals surface area (Å²) in [5.74, 6) is 0.736. The van der Waals surface area contributed by atoms with Gasteiger partial charge in [0.25, 0.3) is 6.02 Å². The highest BCUT2D eigenvalue weighted by atomic mass is 35.5. The normalized spacial score (nSPS) is 14.5. The molecule has 0 radical (unpaired) electrons. The van der Waals surface area contributed by atoms with Gasteiger partial charge in [-0.25, -0.2) is 4.99 Å². The van der Waals surface area contributed by atoms with Crippen molar-refractivity contribution in [2.45, 2.75) is 19.4 Å². The molecule has 0 bridgehead atoms. The molecule has 1 aliphatic heterocycles. The zero-order chi connectivity index (χ0) is 18.5. The first-order valence-electron chi connectivity index (χ1n) is 8.30. The Hall–Kier alpha value is -1.62. The summed E-state index contributed by atoms with van der Waals surface area (Å²) >= 11 is 18.7. The van der Waals surface area contributed by atoms with Crippen molar-refractivity contribution in [3.63, 3.8) is 0 Å². The highest BCUT2D eigenvalue weighted by molar-refractivity contribution is 6.42. The van der Waals surface area contributed by atoms with E-state index >= 15 is 0 Å². The smallest absolute Gasteiger partial charge is 0.285 e. The first-order chi connectivity index (χ1) is 12.5. The molecule has 0 aromatic heterocycles. The van der Waals surface area contributed by atoms with E-state index in [2.05, 4.69) is 10.3 Å². The molecule has 1 aliphatic rings. The van der Waals surface area contributed by atoms with E-state index in [1.54, 1.807) is 12.1 Å². The molecule has 138 valence electrons. The molecular weight excluding hydrogens is 395 g/mol. The van der Waals surface area contributed by atoms with E-state index in [9.17, 15) is 0 Å². The number of aryl methyl sites for hydroxylation is 1. The number of ether oxygens (including phenoxy) is 2. The van der Waals surface area contributed by atoms with Crippen molar-refractivity contribution in [3.05, 3.63) is 62.6 Å². The summed E-state index contributed by atoms with van der Waals surface area (Å²) in [6.07, 6.45) is 0.647. The van der Waals surface area contributed by atoms with Gasteiger partial charge in [-0.05, 0) is 42.3 Å². The third kappa shape index (κ3) is 4.97. The average Bonchev–Trinajstić information content (AvgIpc) is 3.09. The molecule has 1 unspecified atom stereocenters. The van der Waals surface area contributed by atoms with E-state index in [0.29, 0.717) is 47.3 Å². The molecule has 2 aromatic rings. The minimum Gasteiger partial charge on any atom is -0.493 e. The number of nitrogens with zero attached hydrogens (tertiary/aromatic N) is 1. The Morgan fingerprint density at radius 3 is 2.81 bits per heavy atom. The van der Waals surface area contributed by atoms with Gasteiger partial charge in [0.1, 0.15) is 12.4 Å². The van der Waals surface area contributed by atoms with Gasteiger partial charge in [0.2, 0.25) is 0 Å². The number of amidine groups is 1. The van der Waals surface area contributed by atoms with Crippen molar-refractivity contribution < 1.29 is 9.47 Å². The Kier molecular flexibility index (Phi) is 6.52. The van der Waals surface area contributed by atoms with Gasteiger partial charge in [-0.1, -0.05) is 46.9 Å². The largest absolute Gasteiger partial charge is 0.493 e. The lowest BCUT2D eigenvalue weighted by Crippen LogP contribution is -2.30. The summed E-state index contributed by atoms with van der Waals surface area (Å²) in [7, 11) is 0. The number of hydrogen-bond acceptors (Lipinski definition) is 4. The summed E-state index contributed by atoms with van der Waals surface area (Å²) in [6.45, 7) is 3.67. The maximum Gasteiger partial charge on any atom is 0.285 e. The Morgan fingerprint density at radius 2 is 2.08 bits per heavy atom. The summed E-state index contributed by atoms with van der Waals surface area (Å²) in [5.41, 5.74) is 1.93. The maximum absolute atomic E-state index is 6.40. The monoisotopic (exact) mass is 412 g/mol. The van der Waals surface area contributed by atoms with E-state index in [1.165, 1.54) is 0 Å². The molecule has 2 aromatic carbocycles. The Morgan fingerprint density at radius 1 is 1.23 bits per heavy atom. The average molecular weight is 414 g/mol. The fourth-order valence-electron chi connectivity index (χ4n) is 2.75. The van der Waals surface area contributed by atoms with Crippen LogP contribution in [0.15, 0.2) is 41.4 Å². The lowest BCUT2D eigenvalue weighted by Gasteiger charge is -2.21. The zero-order valence-electron chi connectivity index (χ0n) is 14.3. The lowest BCUT2D eigenvalue weighted by molar-refractivity contribution is 0.282. The summed E-state index contributed by atoms with van der Waals surface area (Å²) < 4.78 is 11.3. The van der Waals surface area contributed by atoms with E-state index in [4.69, 9.17) is 44.3 Å². The van der Waals surface area contributed by atoms with E-state index < -0.39 is 0 Å². The highest BCUT2D eigenvalue weighted by Gasteiger charge is 2.20. The van der Waals surface area contributed by atoms with Crippen molar-refractivity contribution in [2.75, 3.05) is 19.8 Å². The van der Waals surface area contributed by atoms with Gasteiger partial charge in [-0.2, -0.15) is 0 Å². The van der Waals surface area contributed by atoms with Gasteiger partial charge >= 0.3 is 0 Å². The van der Waals surface area contributed by atoms with Crippen molar-refractivity contribution in [1.29, 1.82) is 0 Å². The van der Waals surface area contributed by atoms with Crippen molar-refractivity contribution in [2.24, 2.45) is 4.99 Å². The molecule has 0 fully saturated rings. The van der Waals surface area contributed by atoms with E-state index in [-0.39, 0.29) is 6.04 Å². The predicted molar refractivity (Wildman–Crippen MR) is 107 cm³/mol. The molecule has 1 atom stereocenters. The molecule has 0 spiro atoms. The number of nitrogens with one attached hydrogen (secondary N) is 1. The quantitative estimate of drug-likeness (QED) is 0.685. The Bertz CT molecular complexity index is 791. The van der Waals surface area contributed by atoms with Crippen LogP contribution in [0, 0.1) is 6.92 Å². The molecule has 0 amide bonds. The van der Waals surface area contributed by atoms with Gasteiger partial charge in [0.05, 0.1) is 29.2 Å². The molecule has 0 saturated carbocycles. The van der Waals surface area contributed by atoms with Crippen LogP contribution in [0.4, 0.5) is 0 Å². The van der Waals surface area contributed by atoms with E-state index in [1.807, 2.05) is 31.2 Å². The SMILES string of the molecule is Cc1cc(Cl)cc(OCCC(NC2=NCCO2)c2cccc(Cl)c2Cl)c1. The van der Waals surface area contributed by atoms with Gasteiger partial charge < -0.3 is 14.8 Å². The Labute approximate surface area is 168 Å². The third-order valence-corrected chi connectivity index (χ3v) is 4.98. The van der Waals surface area contributed by atoms with Crippen molar-refractivity contribution in [1.82, 2.24) is 5.32 Å². The van der Waals surface area contributed by atoms with Gasteiger partial charge in [-0.3, -0.25) is 0 Å². The fourth-order valence-corrected chi connectivity index (χ4v) is 3.47. The lowest BCUT2D eigenvalue weighted by atomic mass is 10.0. The van der Waals surface area contributed by atoms with Crippen LogP contribution < -0.4 is 10.1 Å².